The van der Waals surface area contributed by atoms with Gasteiger partial charge in [0.15, 0.2) is 0 Å². The average Bonchev–Trinajstić information content (AvgIpc) is 2.78. The minimum atomic E-state index is 0.427. The van der Waals surface area contributed by atoms with Crippen molar-refractivity contribution in [2.45, 2.75) is 32.6 Å². The Balaban J connectivity index is 1.60. The lowest BCUT2D eigenvalue weighted by molar-refractivity contribution is -0.133. The first kappa shape index (κ1) is 12.0. The fourth-order valence-corrected chi connectivity index (χ4v) is 4.79. The van der Waals surface area contributed by atoms with Gasteiger partial charge in [0.25, 0.3) is 0 Å². The molecule has 0 aromatic heterocycles. The predicted octanol–water partition coefficient (Wildman–Crippen LogP) is 2.91. The van der Waals surface area contributed by atoms with E-state index in [4.69, 9.17) is 0 Å². The fraction of sp³-hybridized carbons (Fsp3) is 0.929. The first-order valence-electron chi connectivity index (χ1n) is 7.12. The van der Waals surface area contributed by atoms with E-state index in [1.807, 2.05) is 0 Å². The van der Waals surface area contributed by atoms with E-state index >= 15 is 0 Å². The third-order valence-electron chi connectivity index (χ3n) is 5.28. The highest BCUT2D eigenvalue weighted by Gasteiger charge is 2.67. The molecule has 0 aromatic rings. The van der Waals surface area contributed by atoms with E-state index in [9.17, 15) is 4.79 Å². The molecule has 0 aromatic carbocycles. The SMILES string of the molecule is CCN(CCCBr)C(=O)C1C2C3CCC(C3)C12. The molecule has 0 N–H and O–H groups in total. The normalized spacial score (nSPS) is 41.4. The number of halogens is 1. The number of fused-ring (bicyclic) bond motifs is 5. The van der Waals surface area contributed by atoms with Gasteiger partial charge in [-0.1, -0.05) is 15.9 Å². The Hall–Kier alpha value is -0.0500. The van der Waals surface area contributed by atoms with E-state index in [1.165, 1.54) is 19.3 Å². The van der Waals surface area contributed by atoms with Gasteiger partial charge in [-0.25, -0.2) is 0 Å². The highest BCUT2D eigenvalue weighted by molar-refractivity contribution is 9.09. The van der Waals surface area contributed by atoms with Crippen molar-refractivity contribution in [3.8, 4) is 0 Å². The monoisotopic (exact) mass is 299 g/mol. The Kier molecular flexibility index (Phi) is 3.22. The summed E-state index contributed by atoms with van der Waals surface area (Å²) < 4.78 is 0. The molecule has 3 rings (SSSR count). The van der Waals surface area contributed by atoms with Crippen LogP contribution in [-0.4, -0.2) is 29.2 Å². The number of hydrogen-bond acceptors (Lipinski definition) is 1. The van der Waals surface area contributed by atoms with E-state index in [1.54, 1.807) is 0 Å². The van der Waals surface area contributed by atoms with Crippen LogP contribution in [0.15, 0.2) is 0 Å². The van der Waals surface area contributed by atoms with Gasteiger partial charge in [0.05, 0.1) is 0 Å². The van der Waals surface area contributed by atoms with Crippen molar-refractivity contribution in [2.24, 2.45) is 29.6 Å². The van der Waals surface area contributed by atoms with E-state index in [0.29, 0.717) is 11.8 Å². The van der Waals surface area contributed by atoms with Crippen molar-refractivity contribution in [1.29, 1.82) is 0 Å². The van der Waals surface area contributed by atoms with Crippen molar-refractivity contribution >= 4 is 21.8 Å². The van der Waals surface area contributed by atoms with Crippen molar-refractivity contribution < 1.29 is 4.79 Å². The zero-order chi connectivity index (χ0) is 12.0. The fourth-order valence-electron chi connectivity index (χ4n) is 4.54. The summed E-state index contributed by atoms with van der Waals surface area (Å²) in [5.41, 5.74) is 0. The third-order valence-corrected chi connectivity index (χ3v) is 5.84. The largest absolute Gasteiger partial charge is 0.343 e. The van der Waals surface area contributed by atoms with Crippen LogP contribution < -0.4 is 0 Å². The summed E-state index contributed by atoms with van der Waals surface area (Å²) in [7, 11) is 0. The maximum absolute atomic E-state index is 12.5. The van der Waals surface area contributed by atoms with Crippen LogP contribution in [0.2, 0.25) is 0 Å². The molecule has 4 unspecified atom stereocenters. The zero-order valence-electron chi connectivity index (χ0n) is 10.6. The smallest absolute Gasteiger partial charge is 0.226 e. The van der Waals surface area contributed by atoms with Gasteiger partial charge in [-0.3, -0.25) is 4.79 Å². The van der Waals surface area contributed by atoms with Gasteiger partial charge in [-0.05, 0) is 56.3 Å². The Bertz CT molecular complexity index is 303. The first-order valence-corrected chi connectivity index (χ1v) is 8.24. The molecular weight excluding hydrogens is 278 g/mol. The molecule has 96 valence electrons. The van der Waals surface area contributed by atoms with E-state index in [2.05, 4.69) is 27.8 Å². The lowest BCUT2D eigenvalue weighted by atomic mass is 10.0. The number of carbonyl (C=O) groups excluding carboxylic acids is 1. The van der Waals surface area contributed by atoms with Gasteiger partial charge < -0.3 is 4.90 Å². The molecule has 0 saturated heterocycles. The van der Waals surface area contributed by atoms with Crippen LogP contribution in [0.1, 0.15) is 32.6 Å². The Labute approximate surface area is 112 Å². The van der Waals surface area contributed by atoms with Crippen molar-refractivity contribution in [3.05, 3.63) is 0 Å². The number of rotatable bonds is 5. The standard InChI is InChI=1S/C14H22BrNO/c1-2-16(7-3-6-15)14(17)13-11-9-4-5-10(8-9)12(11)13/h9-13H,2-8H2,1H3. The molecule has 3 saturated carbocycles. The van der Waals surface area contributed by atoms with Gasteiger partial charge in [-0.2, -0.15) is 0 Å². The minimum Gasteiger partial charge on any atom is -0.343 e. The molecule has 0 heterocycles. The summed E-state index contributed by atoms with van der Waals surface area (Å²) in [6.45, 7) is 3.93. The van der Waals surface area contributed by atoms with Crippen LogP contribution in [0.3, 0.4) is 0 Å². The minimum absolute atomic E-state index is 0.427. The van der Waals surface area contributed by atoms with E-state index < -0.39 is 0 Å². The summed E-state index contributed by atoms with van der Waals surface area (Å²) >= 11 is 3.45. The molecule has 2 bridgehead atoms. The number of carbonyl (C=O) groups is 1. The second kappa shape index (κ2) is 4.56. The van der Waals surface area contributed by atoms with E-state index in [-0.39, 0.29) is 0 Å². The molecule has 3 aliphatic carbocycles. The summed E-state index contributed by atoms with van der Waals surface area (Å²) in [6.07, 6.45) is 5.33. The van der Waals surface area contributed by atoms with Crippen LogP contribution in [0, 0.1) is 29.6 Å². The molecule has 0 spiro atoms. The van der Waals surface area contributed by atoms with Crippen molar-refractivity contribution in [1.82, 2.24) is 4.90 Å². The highest BCUT2D eigenvalue weighted by atomic mass is 79.9. The molecular formula is C14H22BrNO. The van der Waals surface area contributed by atoms with Gasteiger partial charge in [0.2, 0.25) is 5.91 Å². The molecule has 4 atom stereocenters. The van der Waals surface area contributed by atoms with Crippen LogP contribution >= 0.6 is 15.9 Å². The van der Waals surface area contributed by atoms with Crippen LogP contribution in [-0.2, 0) is 4.79 Å². The third kappa shape index (κ3) is 1.85. The molecule has 3 fully saturated rings. The van der Waals surface area contributed by atoms with E-state index in [0.717, 1.165) is 48.5 Å². The van der Waals surface area contributed by atoms with Crippen molar-refractivity contribution in [2.75, 3.05) is 18.4 Å². The van der Waals surface area contributed by atoms with Gasteiger partial charge in [0.1, 0.15) is 0 Å². The molecule has 3 aliphatic rings. The maximum Gasteiger partial charge on any atom is 0.226 e. The zero-order valence-corrected chi connectivity index (χ0v) is 12.2. The topological polar surface area (TPSA) is 20.3 Å². The quantitative estimate of drug-likeness (QED) is 0.715. The molecule has 2 nitrogen and oxygen atoms in total. The molecule has 3 heteroatoms. The second-order valence-electron chi connectivity index (χ2n) is 5.97. The maximum atomic E-state index is 12.5. The Morgan fingerprint density at radius 2 is 1.94 bits per heavy atom. The molecule has 1 amide bonds. The number of amides is 1. The number of nitrogens with zero attached hydrogens (tertiary/aromatic N) is 1. The molecule has 0 radical (unpaired) electrons. The second-order valence-corrected chi connectivity index (χ2v) is 6.77. The number of hydrogen-bond donors (Lipinski definition) is 0. The van der Waals surface area contributed by atoms with Crippen LogP contribution in [0.5, 0.6) is 0 Å². The lowest BCUT2D eigenvalue weighted by Crippen LogP contribution is -2.34. The van der Waals surface area contributed by atoms with Gasteiger partial charge in [0, 0.05) is 24.3 Å². The predicted molar refractivity (Wildman–Crippen MR) is 72.0 cm³/mol. The molecule has 0 aliphatic heterocycles. The van der Waals surface area contributed by atoms with Crippen molar-refractivity contribution in [3.63, 3.8) is 0 Å². The van der Waals surface area contributed by atoms with Gasteiger partial charge in [-0.15, -0.1) is 0 Å². The average molecular weight is 300 g/mol. The summed E-state index contributed by atoms with van der Waals surface area (Å²) in [5.74, 6) is 4.30. The Morgan fingerprint density at radius 3 is 2.47 bits per heavy atom. The van der Waals surface area contributed by atoms with Gasteiger partial charge >= 0.3 is 0 Å². The first-order chi connectivity index (χ1) is 8.27. The number of alkyl halides is 1. The summed E-state index contributed by atoms with van der Waals surface area (Å²) in [4.78, 5) is 14.6. The molecule has 17 heavy (non-hydrogen) atoms. The summed E-state index contributed by atoms with van der Waals surface area (Å²) in [5, 5.41) is 1.000. The highest BCUT2D eigenvalue weighted by Crippen LogP contribution is 2.69. The van der Waals surface area contributed by atoms with Crippen LogP contribution in [0.4, 0.5) is 0 Å². The summed E-state index contributed by atoms with van der Waals surface area (Å²) in [6, 6.07) is 0. The van der Waals surface area contributed by atoms with Crippen LogP contribution in [0.25, 0.3) is 0 Å². The lowest BCUT2D eigenvalue weighted by Gasteiger charge is -2.22. The Morgan fingerprint density at radius 1 is 1.29 bits per heavy atom.